The van der Waals surface area contributed by atoms with Crippen molar-refractivity contribution in [1.82, 2.24) is 0 Å². The lowest BCUT2D eigenvalue weighted by molar-refractivity contribution is 0.103. The number of phenolic OH excluding ortho intramolecular Hbond substituents is 1. The average Bonchev–Trinajstić information content (AvgIpc) is 2.81. The number of methoxy groups -OCH3 is 1. The topological polar surface area (TPSA) is 46.5 Å². The Bertz CT molecular complexity index is 484. The molecule has 0 aliphatic heterocycles. The molecule has 1 N–H and O–H groups in total. The van der Waals surface area contributed by atoms with E-state index in [0.717, 1.165) is 0 Å². The van der Waals surface area contributed by atoms with Crippen LogP contribution in [0.4, 0.5) is 0 Å². The van der Waals surface area contributed by atoms with Crippen LogP contribution in [0.1, 0.15) is 16.8 Å². The van der Waals surface area contributed by atoms with E-state index < -0.39 is 0 Å². The third-order valence-corrected chi connectivity index (χ3v) is 2.51. The molecule has 2 rings (SSSR count). The van der Waals surface area contributed by atoms with Gasteiger partial charge in [-0.1, -0.05) is 18.2 Å². The van der Waals surface area contributed by atoms with E-state index in [1.807, 2.05) is 12.2 Å². The van der Waals surface area contributed by atoms with Crippen LogP contribution in [0.5, 0.6) is 11.5 Å². The number of rotatable bonds is 3. The molecule has 0 atom stereocenters. The number of benzene rings is 1. The van der Waals surface area contributed by atoms with Crippen LogP contribution in [0.15, 0.2) is 42.0 Å². The van der Waals surface area contributed by atoms with Crippen LogP contribution in [-0.2, 0) is 0 Å². The molecule has 1 aliphatic rings. The Morgan fingerprint density at radius 2 is 2.25 bits per heavy atom. The van der Waals surface area contributed by atoms with Gasteiger partial charge in [-0.05, 0) is 18.6 Å². The third-order valence-electron chi connectivity index (χ3n) is 2.51. The van der Waals surface area contributed by atoms with Crippen LogP contribution < -0.4 is 4.74 Å². The number of carbonyl (C=O) groups is 1. The van der Waals surface area contributed by atoms with Crippen molar-refractivity contribution < 1.29 is 14.6 Å². The largest absolute Gasteiger partial charge is 0.507 e. The number of ether oxygens (including phenoxy) is 1. The van der Waals surface area contributed by atoms with Gasteiger partial charge in [-0.3, -0.25) is 4.79 Å². The molecule has 3 heteroatoms. The Balaban J connectivity index is 2.30. The standard InChI is InChI=1S/C13H12O3/c1-16-10-6-7-11(12(14)8-10)13(15)9-4-2-3-5-9/h2-4,6-8,14H,5H2,1H3. The number of hydrogen-bond donors (Lipinski definition) is 1. The first-order valence-corrected chi connectivity index (χ1v) is 5.00. The van der Waals surface area contributed by atoms with Gasteiger partial charge in [-0.15, -0.1) is 0 Å². The van der Waals surface area contributed by atoms with E-state index in [4.69, 9.17) is 4.74 Å². The minimum Gasteiger partial charge on any atom is -0.507 e. The van der Waals surface area contributed by atoms with Crippen molar-refractivity contribution in [3.05, 3.63) is 47.6 Å². The summed E-state index contributed by atoms with van der Waals surface area (Å²) >= 11 is 0. The zero-order chi connectivity index (χ0) is 11.5. The fraction of sp³-hybridized carbons (Fsp3) is 0.154. The van der Waals surface area contributed by atoms with Crippen molar-refractivity contribution in [3.8, 4) is 11.5 Å². The van der Waals surface area contributed by atoms with Crippen molar-refractivity contribution >= 4 is 5.78 Å². The van der Waals surface area contributed by atoms with Gasteiger partial charge in [0.05, 0.1) is 12.7 Å². The molecule has 0 saturated heterocycles. The quantitative estimate of drug-likeness (QED) is 0.789. The highest BCUT2D eigenvalue weighted by Gasteiger charge is 2.16. The van der Waals surface area contributed by atoms with Gasteiger partial charge in [0.25, 0.3) is 0 Å². The summed E-state index contributed by atoms with van der Waals surface area (Å²) in [5.41, 5.74) is 1.01. The lowest BCUT2D eigenvalue weighted by atomic mass is 10.0. The van der Waals surface area contributed by atoms with Gasteiger partial charge in [-0.25, -0.2) is 0 Å². The minimum atomic E-state index is -0.134. The number of allylic oxidation sites excluding steroid dienone is 4. The summed E-state index contributed by atoms with van der Waals surface area (Å²) in [4.78, 5) is 12.0. The van der Waals surface area contributed by atoms with E-state index in [0.29, 0.717) is 23.3 Å². The van der Waals surface area contributed by atoms with Crippen LogP contribution in [-0.4, -0.2) is 18.0 Å². The highest BCUT2D eigenvalue weighted by molar-refractivity contribution is 6.11. The van der Waals surface area contributed by atoms with Gasteiger partial charge in [0.15, 0.2) is 5.78 Å². The SMILES string of the molecule is COc1ccc(C(=O)C2=CC=CC2)c(O)c1. The number of ketones is 1. The lowest BCUT2D eigenvalue weighted by Gasteiger charge is -2.06. The zero-order valence-corrected chi connectivity index (χ0v) is 8.93. The molecule has 0 heterocycles. The second-order valence-corrected chi connectivity index (χ2v) is 3.54. The number of aromatic hydroxyl groups is 1. The summed E-state index contributed by atoms with van der Waals surface area (Å²) in [6.45, 7) is 0. The number of hydrogen-bond acceptors (Lipinski definition) is 3. The summed E-state index contributed by atoms with van der Waals surface area (Å²) in [5, 5.41) is 9.70. The molecule has 1 aromatic rings. The summed E-state index contributed by atoms with van der Waals surface area (Å²) in [7, 11) is 1.51. The molecule has 0 radical (unpaired) electrons. The van der Waals surface area contributed by atoms with Crippen molar-refractivity contribution in [3.63, 3.8) is 0 Å². The van der Waals surface area contributed by atoms with Crippen LogP contribution >= 0.6 is 0 Å². The second-order valence-electron chi connectivity index (χ2n) is 3.54. The molecule has 1 aromatic carbocycles. The monoisotopic (exact) mass is 216 g/mol. The molecule has 0 amide bonds. The first kappa shape index (κ1) is 10.5. The molecule has 0 bridgehead atoms. The second kappa shape index (κ2) is 4.23. The van der Waals surface area contributed by atoms with Crippen molar-refractivity contribution in [1.29, 1.82) is 0 Å². The smallest absolute Gasteiger partial charge is 0.193 e. The fourth-order valence-corrected chi connectivity index (χ4v) is 1.62. The van der Waals surface area contributed by atoms with E-state index >= 15 is 0 Å². The first-order chi connectivity index (χ1) is 7.72. The Morgan fingerprint density at radius 1 is 1.44 bits per heavy atom. The molecule has 82 valence electrons. The molecular formula is C13H12O3. The predicted molar refractivity (Wildman–Crippen MR) is 60.8 cm³/mol. The van der Waals surface area contributed by atoms with Crippen molar-refractivity contribution in [2.45, 2.75) is 6.42 Å². The van der Waals surface area contributed by atoms with Gasteiger partial charge in [0.1, 0.15) is 11.5 Å². The lowest BCUT2D eigenvalue weighted by Crippen LogP contribution is -2.02. The van der Waals surface area contributed by atoms with Crippen LogP contribution in [0.25, 0.3) is 0 Å². The summed E-state index contributed by atoms with van der Waals surface area (Å²) in [5.74, 6) is 0.356. The predicted octanol–water partition coefficient (Wildman–Crippen LogP) is 2.47. The Labute approximate surface area is 93.7 Å². The summed E-state index contributed by atoms with van der Waals surface area (Å²) < 4.78 is 4.96. The van der Waals surface area contributed by atoms with Gasteiger partial charge >= 0.3 is 0 Å². The van der Waals surface area contributed by atoms with Gasteiger partial charge in [-0.2, -0.15) is 0 Å². The van der Waals surface area contributed by atoms with Crippen molar-refractivity contribution in [2.24, 2.45) is 0 Å². The molecular weight excluding hydrogens is 204 g/mol. The number of phenols is 1. The van der Waals surface area contributed by atoms with Crippen LogP contribution in [0.3, 0.4) is 0 Å². The maximum absolute atomic E-state index is 12.0. The maximum Gasteiger partial charge on any atom is 0.193 e. The summed E-state index contributed by atoms with van der Waals surface area (Å²) in [6.07, 6.45) is 6.15. The van der Waals surface area contributed by atoms with E-state index in [9.17, 15) is 9.90 Å². The summed E-state index contributed by atoms with van der Waals surface area (Å²) in [6, 6.07) is 4.68. The zero-order valence-electron chi connectivity index (χ0n) is 8.93. The van der Waals surface area contributed by atoms with E-state index in [1.165, 1.54) is 13.2 Å². The Morgan fingerprint density at radius 3 is 2.81 bits per heavy atom. The molecule has 0 unspecified atom stereocenters. The maximum atomic E-state index is 12.0. The van der Waals surface area contributed by atoms with Gasteiger partial charge in [0, 0.05) is 11.6 Å². The third kappa shape index (κ3) is 1.84. The average molecular weight is 216 g/mol. The van der Waals surface area contributed by atoms with Gasteiger partial charge in [0.2, 0.25) is 0 Å². The number of Topliss-reactive ketones (excluding diaryl/α,β-unsaturated/α-hetero) is 1. The van der Waals surface area contributed by atoms with E-state index in [1.54, 1.807) is 18.2 Å². The molecule has 3 nitrogen and oxygen atoms in total. The molecule has 0 spiro atoms. The molecule has 0 aromatic heterocycles. The van der Waals surface area contributed by atoms with Crippen molar-refractivity contribution in [2.75, 3.05) is 7.11 Å². The van der Waals surface area contributed by atoms with Crippen LogP contribution in [0.2, 0.25) is 0 Å². The van der Waals surface area contributed by atoms with E-state index in [-0.39, 0.29) is 11.5 Å². The number of carbonyl (C=O) groups excluding carboxylic acids is 1. The van der Waals surface area contributed by atoms with Crippen LogP contribution in [0, 0.1) is 0 Å². The molecule has 16 heavy (non-hydrogen) atoms. The Hall–Kier alpha value is -2.03. The highest BCUT2D eigenvalue weighted by atomic mass is 16.5. The highest BCUT2D eigenvalue weighted by Crippen LogP contribution is 2.27. The Kier molecular flexibility index (Phi) is 2.77. The van der Waals surface area contributed by atoms with E-state index in [2.05, 4.69) is 0 Å². The minimum absolute atomic E-state index is 0.0443. The molecule has 1 aliphatic carbocycles. The fourth-order valence-electron chi connectivity index (χ4n) is 1.62. The molecule has 0 fully saturated rings. The molecule has 0 saturated carbocycles. The van der Waals surface area contributed by atoms with Gasteiger partial charge < -0.3 is 9.84 Å². The normalized spacial score (nSPS) is 13.7. The first-order valence-electron chi connectivity index (χ1n) is 5.00.